The smallest absolute Gasteiger partial charge is 0.227 e. The van der Waals surface area contributed by atoms with Gasteiger partial charge in [0.05, 0.1) is 11.5 Å². The van der Waals surface area contributed by atoms with Crippen molar-refractivity contribution in [2.75, 3.05) is 26.2 Å². The van der Waals surface area contributed by atoms with Gasteiger partial charge in [-0.2, -0.15) is 0 Å². The molecule has 1 aromatic carbocycles. The zero-order valence-corrected chi connectivity index (χ0v) is 20.6. The van der Waals surface area contributed by atoms with E-state index in [4.69, 9.17) is 0 Å². The Labute approximate surface area is 196 Å². The number of rotatable bonds is 3. The summed E-state index contributed by atoms with van der Waals surface area (Å²) in [5.74, 6) is -1.50. The maximum atomic E-state index is 14.7. The van der Waals surface area contributed by atoms with Crippen molar-refractivity contribution in [3.63, 3.8) is 0 Å². The van der Waals surface area contributed by atoms with Crippen molar-refractivity contribution in [1.29, 1.82) is 0 Å². The van der Waals surface area contributed by atoms with Crippen LogP contribution in [0.4, 0.5) is 8.78 Å². The Kier molecular flexibility index (Phi) is 7.01. The molecule has 0 radical (unpaired) electrons. The SMILES string of the molecule is C[C@@H]1CN(C(=O)[C@@H]2CN(C(C)(C)C)C[C@H]2c2ccc(F)cc2F)C[C@H](C)C1(O)C1CC1.Cl. The fourth-order valence-electron chi connectivity index (χ4n) is 6.00. The molecule has 0 aromatic heterocycles. The van der Waals surface area contributed by atoms with Gasteiger partial charge in [0.2, 0.25) is 5.91 Å². The minimum absolute atomic E-state index is 0. The van der Waals surface area contributed by atoms with Crippen LogP contribution >= 0.6 is 12.4 Å². The standard InChI is InChI=1S/C25H36F2N2O2.ClH/c1-15-11-28(12-16(2)25(15,31)17-6-7-17)23(30)21-14-29(24(3,4)5)13-20(21)19-9-8-18(26)10-22(19)27;/h8-10,15-17,20-21,31H,6-7,11-14H2,1-5H3;1H/t15-,16+,20-,21+,25?;/m0./s1. The molecule has 1 saturated carbocycles. The zero-order valence-electron chi connectivity index (χ0n) is 19.8. The predicted octanol–water partition coefficient (Wildman–Crippen LogP) is 4.46. The summed E-state index contributed by atoms with van der Waals surface area (Å²) in [5, 5.41) is 11.3. The molecular weight excluding hydrogens is 434 g/mol. The van der Waals surface area contributed by atoms with Crippen LogP contribution in [0.1, 0.15) is 58.9 Å². The number of hydrogen-bond acceptors (Lipinski definition) is 3. The first-order chi connectivity index (χ1) is 14.4. The van der Waals surface area contributed by atoms with Crippen LogP contribution < -0.4 is 0 Å². The topological polar surface area (TPSA) is 43.8 Å². The zero-order chi connectivity index (χ0) is 22.7. The number of aliphatic hydroxyl groups is 1. The number of piperidine rings is 1. The number of carbonyl (C=O) groups is 1. The third-order valence-electron chi connectivity index (χ3n) is 8.06. The van der Waals surface area contributed by atoms with Gasteiger partial charge >= 0.3 is 0 Å². The molecule has 7 heteroatoms. The van der Waals surface area contributed by atoms with Crippen LogP contribution in [0.25, 0.3) is 0 Å². The summed E-state index contributed by atoms with van der Waals surface area (Å²) < 4.78 is 28.2. The molecule has 32 heavy (non-hydrogen) atoms. The van der Waals surface area contributed by atoms with Gasteiger partial charge in [0.25, 0.3) is 0 Å². The second-order valence-corrected chi connectivity index (χ2v) is 11.2. The minimum atomic E-state index is -0.702. The van der Waals surface area contributed by atoms with Gasteiger partial charge in [-0.25, -0.2) is 8.78 Å². The van der Waals surface area contributed by atoms with Gasteiger partial charge in [-0.1, -0.05) is 19.9 Å². The van der Waals surface area contributed by atoms with Crippen LogP contribution in [-0.2, 0) is 4.79 Å². The van der Waals surface area contributed by atoms with E-state index < -0.39 is 17.2 Å². The van der Waals surface area contributed by atoms with E-state index in [1.807, 2.05) is 18.7 Å². The molecule has 1 unspecified atom stereocenters. The molecule has 0 spiro atoms. The second kappa shape index (κ2) is 8.84. The Morgan fingerprint density at radius 3 is 2.16 bits per heavy atom. The largest absolute Gasteiger partial charge is 0.389 e. The molecule has 1 aliphatic carbocycles. The molecule has 2 aliphatic heterocycles. The summed E-state index contributed by atoms with van der Waals surface area (Å²) in [5.41, 5.74) is -0.440. The first kappa shape index (κ1) is 25.4. The third kappa shape index (κ3) is 4.43. The van der Waals surface area contributed by atoms with Crippen LogP contribution in [0, 0.1) is 35.3 Å². The molecule has 3 fully saturated rings. The Balaban J connectivity index is 0.00000289. The van der Waals surface area contributed by atoms with Crippen molar-refractivity contribution in [3.05, 3.63) is 35.4 Å². The van der Waals surface area contributed by atoms with E-state index in [1.165, 1.54) is 12.1 Å². The number of hydrogen-bond donors (Lipinski definition) is 1. The number of halogens is 3. The molecule has 1 amide bonds. The molecule has 3 aliphatic rings. The number of nitrogens with zero attached hydrogens (tertiary/aromatic N) is 2. The van der Waals surface area contributed by atoms with E-state index in [2.05, 4.69) is 25.7 Å². The molecule has 2 saturated heterocycles. The lowest BCUT2D eigenvalue weighted by Gasteiger charge is -2.49. The summed E-state index contributed by atoms with van der Waals surface area (Å²) in [7, 11) is 0. The average molecular weight is 471 g/mol. The fraction of sp³-hybridized carbons (Fsp3) is 0.720. The normalized spacial score (nSPS) is 33.8. The fourth-order valence-corrected chi connectivity index (χ4v) is 6.00. The van der Waals surface area contributed by atoms with Gasteiger partial charge in [0, 0.05) is 55.5 Å². The van der Waals surface area contributed by atoms with Crippen LogP contribution in [0.2, 0.25) is 0 Å². The Morgan fingerprint density at radius 2 is 1.66 bits per heavy atom. The maximum absolute atomic E-state index is 14.7. The lowest BCUT2D eigenvalue weighted by Crippen LogP contribution is -2.60. The molecule has 0 bridgehead atoms. The highest BCUT2D eigenvalue weighted by Gasteiger charge is 2.55. The molecule has 4 rings (SSSR count). The van der Waals surface area contributed by atoms with E-state index in [0.717, 1.165) is 18.9 Å². The number of carbonyl (C=O) groups excluding carboxylic acids is 1. The summed E-state index contributed by atoms with van der Waals surface area (Å²) >= 11 is 0. The molecule has 2 heterocycles. The predicted molar refractivity (Wildman–Crippen MR) is 124 cm³/mol. The van der Waals surface area contributed by atoms with E-state index >= 15 is 0 Å². The highest BCUT2D eigenvalue weighted by atomic mass is 35.5. The molecule has 180 valence electrons. The number of benzene rings is 1. The van der Waals surface area contributed by atoms with E-state index in [-0.39, 0.29) is 47.5 Å². The van der Waals surface area contributed by atoms with Crippen LogP contribution in [0.5, 0.6) is 0 Å². The Hall–Kier alpha value is -1.24. The number of likely N-dealkylation sites (tertiary alicyclic amines) is 2. The number of amides is 1. The Bertz CT molecular complexity index is 843. The van der Waals surface area contributed by atoms with Crippen LogP contribution in [0.15, 0.2) is 18.2 Å². The molecule has 4 nitrogen and oxygen atoms in total. The summed E-state index contributed by atoms with van der Waals surface area (Å²) in [6.45, 7) is 12.5. The van der Waals surface area contributed by atoms with E-state index in [0.29, 0.717) is 37.7 Å². The van der Waals surface area contributed by atoms with Gasteiger partial charge in [0.1, 0.15) is 11.6 Å². The van der Waals surface area contributed by atoms with Gasteiger partial charge in [0.15, 0.2) is 0 Å². The maximum Gasteiger partial charge on any atom is 0.227 e. The van der Waals surface area contributed by atoms with Gasteiger partial charge in [-0.15, -0.1) is 12.4 Å². The van der Waals surface area contributed by atoms with Gasteiger partial charge in [-0.05, 0) is 51.2 Å². The lowest BCUT2D eigenvalue weighted by molar-refractivity contribution is -0.154. The van der Waals surface area contributed by atoms with E-state index in [1.54, 1.807) is 0 Å². The summed E-state index contributed by atoms with van der Waals surface area (Å²) in [4.78, 5) is 17.9. The van der Waals surface area contributed by atoms with Crippen LogP contribution in [-0.4, -0.2) is 58.1 Å². The first-order valence-corrected chi connectivity index (χ1v) is 11.6. The highest BCUT2D eigenvalue weighted by molar-refractivity contribution is 5.85. The van der Waals surface area contributed by atoms with Gasteiger partial charge < -0.3 is 10.0 Å². The average Bonchev–Trinajstić information content (AvgIpc) is 3.43. The van der Waals surface area contributed by atoms with Crippen molar-refractivity contribution in [2.24, 2.45) is 23.7 Å². The quantitative estimate of drug-likeness (QED) is 0.709. The lowest BCUT2D eigenvalue weighted by atomic mass is 9.71. The van der Waals surface area contributed by atoms with Crippen molar-refractivity contribution in [3.8, 4) is 0 Å². The summed E-state index contributed by atoms with van der Waals surface area (Å²) in [6, 6.07) is 3.69. The van der Waals surface area contributed by atoms with Crippen molar-refractivity contribution in [1.82, 2.24) is 9.80 Å². The monoisotopic (exact) mass is 470 g/mol. The van der Waals surface area contributed by atoms with Crippen LogP contribution in [0.3, 0.4) is 0 Å². The molecule has 1 aromatic rings. The first-order valence-electron chi connectivity index (χ1n) is 11.6. The molecular formula is C25H37ClF2N2O2. The second-order valence-electron chi connectivity index (χ2n) is 11.2. The van der Waals surface area contributed by atoms with Crippen molar-refractivity contribution >= 4 is 18.3 Å². The summed E-state index contributed by atoms with van der Waals surface area (Å²) in [6.07, 6.45) is 2.13. The van der Waals surface area contributed by atoms with Gasteiger partial charge in [-0.3, -0.25) is 9.69 Å². The highest BCUT2D eigenvalue weighted by Crippen LogP contribution is 2.50. The molecule has 1 N–H and O–H groups in total. The minimum Gasteiger partial charge on any atom is -0.389 e. The third-order valence-corrected chi connectivity index (χ3v) is 8.06. The van der Waals surface area contributed by atoms with Crippen molar-refractivity contribution in [2.45, 2.75) is 64.5 Å². The Morgan fingerprint density at radius 1 is 1.06 bits per heavy atom. The molecule has 5 atom stereocenters. The van der Waals surface area contributed by atoms with E-state index in [9.17, 15) is 18.7 Å². The van der Waals surface area contributed by atoms with Crippen molar-refractivity contribution < 1.29 is 18.7 Å².